The average Bonchev–Trinajstić information content (AvgIpc) is 3.04. The molecule has 1 aromatic carbocycles. The summed E-state index contributed by atoms with van der Waals surface area (Å²) >= 11 is 0. The van der Waals surface area contributed by atoms with Gasteiger partial charge in [-0.15, -0.1) is 0 Å². The van der Waals surface area contributed by atoms with E-state index < -0.39 is 5.54 Å². The van der Waals surface area contributed by atoms with Crippen molar-refractivity contribution in [1.29, 1.82) is 0 Å². The van der Waals surface area contributed by atoms with Crippen molar-refractivity contribution in [2.24, 2.45) is 5.73 Å². The Morgan fingerprint density at radius 2 is 2.13 bits per heavy atom. The van der Waals surface area contributed by atoms with Gasteiger partial charge in [-0.1, -0.05) is 11.2 Å². The summed E-state index contributed by atoms with van der Waals surface area (Å²) in [6, 6.07) is 7.70. The molecule has 0 spiro atoms. The maximum absolute atomic E-state index is 6.24. The number of hydrogen-bond donors (Lipinski definition) is 2. The number of rotatable bonds is 4. The second-order valence-electron chi connectivity index (χ2n) is 5.73. The van der Waals surface area contributed by atoms with Crippen molar-refractivity contribution in [1.82, 2.24) is 20.1 Å². The summed E-state index contributed by atoms with van der Waals surface area (Å²) in [7, 11) is 0. The lowest BCUT2D eigenvalue weighted by Crippen LogP contribution is -2.44. The van der Waals surface area contributed by atoms with Gasteiger partial charge in [0, 0.05) is 23.6 Å². The van der Waals surface area contributed by atoms with E-state index in [9.17, 15) is 0 Å². The molecule has 0 atom stereocenters. The predicted molar refractivity (Wildman–Crippen MR) is 84.8 cm³/mol. The number of nitrogens with one attached hydrogen (secondary N) is 1. The molecule has 0 amide bonds. The SMILES string of the molecule is NC1(c2noc(-c3cccc(Nc4cnccn4)c3)n2)CCC1. The maximum Gasteiger partial charge on any atom is 0.258 e. The fraction of sp³-hybridized carbons (Fsp3) is 0.250. The van der Waals surface area contributed by atoms with E-state index in [1.807, 2.05) is 24.3 Å². The van der Waals surface area contributed by atoms with Crippen LogP contribution >= 0.6 is 0 Å². The van der Waals surface area contributed by atoms with Crippen molar-refractivity contribution in [3.8, 4) is 11.5 Å². The lowest BCUT2D eigenvalue weighted by atomic mass is 9.77. The molecule has 1 aliphatic carbocycles. The minimum absolute atomic E-state index is 0.419. The Labute approximate surface area is 133 Å². The van der Waals surface area contributed by atoms with Crippen molar-refractivity contribution >= 4 is 11.5 Å². The Hall–Kier alpha value is -2.80. The van der Waals surface area contributed by atoms with Gasteiger partial charge in [0.25, 0.3) is 5.89 Å². The Morgan fingerprint density at radius 3 is 2.87 bits per heavy atom. The Bertz CT molecular complexity index is 812. The maximum atomic E-state index is 6.24. The van der Waals surface area contributed by atoms with Crippen LogP contribution in [0.1, 0.15) is 25.1 Å². The van der Waals surface area contributed by atoms with Gasteiger partial charge >= 0.3 is 0 Å². The zero-order chi connectivity index (χ0) is 15.7. The fourth-order valence-corrected chi connectivity index (χ4v) is 2.57. The number of hydrogen-bond acceptors (Lipinski definition) is 7. The first-order valence-electron chi connectivity index (χ1n) is 7.49. The first-order valence-corrected chi connectivity index (χ1v) is 7.49. The van der Waals surface area contributed by atoms with Gasteiger partial charge < -0.3 is 15.6 Å². The lowest BCUT2D eigenvalue weighted by Gasteiger charge is -2.34. The Balaban J connectivity index is 1.59. The molecule has 0 radical (unpaired) electrons. The minimum Gasteiger partial charge on any atom is -0.339 e. The van der Waals surface area contributed by atoms with Crippen LogP contribution in [-0.2, 0) is 5.54 Å². The number of nitrogens with two attached hydrogens (primary N) is 1. The molecule has 3 aromatic rings. The van der Waals surface area contributed by atoms with Gasteiger partial charge in [0.15, 0.2) is 5.82 Å². The zero-order valence-corrected chi connectivity index (χ0v) is 12.4. The van der Waals surface area contributed by atoms with E-state index >= 15 is 0 Å². The molecule has 0 aliphatic heterocycles. The van der Waals surface area contributed by atoms with Crippen LogP contribution in [0, 0.1) is 0 Å². The van der Waals surface area contributed by atoms with E-state index in [0.29, 0.717) is 17.5 Å². The summed E-state index contributed by atoms with van der Waals surface area (Å²) in [6.45, 7) is 0. The van der Waals surface area contributed by atoms with Crippen LogP contribution in [-0.4, -0.2) is 20.1 Å². The molecule has 1 fully saturated rings. The highest BCUT2D eigenvalue weighted by atomic mass is 16.5. The van der Waals surface area contributed by atoms with Crippen LogP contribution < -0.4 is 11.1 Å². The zero-order valence-electron chi connectivity index (χ0n) is 12.4. The van der Waals surface area contributed by atoms with Crippen molar-refractivity contribution in [2.75, 3.05) is 5.32 Å². The van der Waals surface area contributed by atoms with Crippen LogP contribution in [0.5, 0.6) is 0 Å². The summed E-state index contributed by atoms with van der Waals surface area (Å²) in [5.41, 5.74) is 7.52. The van der Waals surface area contributed by atoms with E-state index in [0.717, 1.165) is 30.5 Å². The van der Waals surface area contributed by atoms with Crippen molar-refractivity contribution in [3.63, 3.8) is 0 Å². The van der Waals surface area contributed by atoms with Gasteiger partial charge in [-0.05, 0) is 37.5 Å². The van der Waals surface area contributed by atoms with Crippen LogP contribution in [0.25, 0.3) is 11.5 Å². The van der Waals surface area contributed by atoms with Gasteiger partial charge in [0.2, 0.25) is 0 Å². The molecule has 1 aliphatic rings. The van der Waals surface area contributed by atoms with E-state index in [1.165, 1.54) is 0 Å². The minimum atomic E-state index is -0.419. The van der Waals surface area contributed by atoms with E-state index in [-0.39, 0.29) is 0 Å². The largest absolute Gasteiger partial charge is 0.339 e. The molecule has 7 nitrogen and oxygen atoms in total. The van der Waals surface area contributed by atoms with Crippen LogP contribution in [0.3, 0.4) is 0 Å². The summed E-state index contributed by atoms with van der Waals surface area (Å²) < 4.78 is 5.38. The molecule has 2 aromatic heterocycles. The van der Waals surface area contributed by atoms with E-state index in [1.54, 1.807) is 18.6 Å². The molecular formula is C16H16N6O. The second kappa shape index (κ2) is 5.44. The molecule has 2 heterocycles. The van der Waals surface area contributed by atoms with Gasteiger partial charge in [-0.25, -0.2) is 4.98 Å². The van der Waals surface area contributed by atoms with E-state index in [2.05, 4.69) is 25.4 Å². The highest BCUT2D eigenvalue weighted by molar-refractivity contribution is 5.64. The molecule has 7 heteroatoms. The first kappa shape index (κ1) is 13.8. The number of anilines is 2. The highest BCUT2D eigenvalue weighted by Gasteiger charge is 2.39. The third-order valence-electron chi connectivity index (χ3n) is 4.06. The number of benzene rings is 1. The topological polar surface area (TPSA) is 103 Å². The van der Waals surface area contributed by atoms with Gasteiger partial charge in [-0.3, -0.25) is 4.98 Å². The summed E-state index contributed by atoms with van der Waals surface area (Å²) in [6.07, 6.45) is 7.84. The standard InChI is InChI=1S/C16H16N6O/c17-16(5-2-6-16)15-21-14(23-22-15)11-3-1-4-12(9-11)20-13-10-18-7-8-19-13/h1,3-4,7-10H,2,5-6,17H2,(H,19,20). The number of nitrogens with zero attached hydrogens (tertiary/aromatic N) is 4. The van der Waals surface area contributed by atoms with Crippen molar-refractivity contribution < 1.29 is 4.52 Å². The third kappa shape index (κ3) is 2.66. The summed E-state index contributed by atoms with van der Waals surface area (Å²) in [5.74, 6) is 1.73. The molecule has 23 heavy (non-hydrogen) atoms. The lowest BCUT2D eigenvalue weighted by molar-refractivity contribution is 0.229. The van der Waals surface area contributed by atoms with Crippen molar-refractivity contribution in [2.45, 2.75) is 24.8 Å². The van der Waals surface area contributed by atoms with Crippen LogP contribution in [0.4, 0.5) is 11.5 Å². The molecule has 4 rings (SSSR count). The molecular weight excluding hydrogens is 292 g/mol. The smallest absolute Gasteiger partial charge is 0.258 e. The number of aromatic nitrogens is 4. The van der Waals surface area contributed by atoms with Crippen LogP contribution in [0.2, 0.25) is 0 Å². The molecule has 116 valence electrons. The van der Waals surface area contributed by atoms with Gasteiger partial charge in [0.1, 0.15) is 5.82 Å². The van der Waals surface area contributed by atoms with Gasteiger partial charge in [0.05, 0.1) is 11.7 Å². The normalized spacial score (nSPS) is 15.9. The molecule has 0 unspecified atom stereocenters. The van der Waals surface area contributed by atoms with E-state index in [4.69, 9.17) is 10.3 Å². The molecule has 0 saturated heterocycles. The second-order valence-corrected chi connectivity index (χ2v) is 5.73. The molecule has 1 saturated carbocycles. The van der Waals surface area contributed by atoms with Gasteiger partial charge in [-0.2, -0.15) is 4.98 Å². The third-order valence-corrected chi connectivity index (χ3v) is 4.06. The summed E-state index contributed by atoms with van der Waals surface area (Å²) in [4.78, 5) is 12.7. The average molecular weight is 308 g/mol. The monoisotopic (exact) mass is 308 g/mol. The Morgan fingerprint density at radius 1 is 1.22 bits per heavy atom. The quantitative estimate of drug-likeness (QED) is 0.763. The predicted octanol–water partition coefficient (Wildman–Crippen LogP) is 2.61. The fourth-order valence-electron chi connectivity index (χ4n) is 2.57. The highest BCUT2D eigenvalue weighted by Crippen LogP contribution is 2.37. The first-order chi connectivity index (χ1) is 11.2. The van der Waals surface area contributed by atoms with Crippen LogP contribution in [0.15, 0.2) is 47.4 Å². The molecule has 0 bridgehead atoms. The Kier molecular flexibility index (Phi) is 3.27. The van der Waals surface area contributed by atoms with Crippen molar-refractivity contribution in [3.05, 3.63) is 48.7 Å². The molecule has 3 N–H and O–H groups in total. The summed E-state index contributed by atoms with van der Waals surface area (Å²) in [5, 5.41) is 7.23.